The molecule has 2 aromatic heterocycles. The molecule has 0 radical (unpaired) electrons. The highest BCUT2D eigenvalue weighted by molar-refractivity contribution is 14.0. The molecule has 27 heavy (non-hydrogen) atoms. The molecule has 3 N–H and O–H groups in total. The normalized spacial score (nSPS) is 12.0. The Morgan fingerprint density at radius 1 is 1.19 bits per heavy atom. The number of guanidine groups is 1. The molecule has 0 atom stereocenters. The Hall–Kier alpha value is -1.61. The van der Waals surface area contributed by atoms with Crippen LogP contribution in [0.4, 0.5) is 0 Å². The minimum Gasteiger partial charge on any atom is -0.357 e. The van der Waals surface area contributed by atoms with Crippen molar-refractivity contribution in [1.82, 2.24) is 20.6 Å². The maximum atomic E-state index is 4.79. The third kappa shape index (κ3) is 5.93. The Morgan fingerprint density at radius 3 is 2.70 bits per heavy atom. The lowest BCUT2D eigenvalue weighted by Crippen LogP contribution is -2.39. The lowest BCUT2D eigenvalue weighted by Gasteiger charge is -2.21. The van der Waals surface area contributed by atoms with Crippen molar-refractivity contribution in [2.75, 3.05) is 19.6 Å². The van der Waals surface area contributed by atoms with E-state index in [1.165, 1.54) is 4.88 Å². The van der Waals surface area contributed by atoms with Gasteiger partial charge in [-0.2, -0.15) is 0 Å². The van der Waals surface area contributed by atoms with Gasteiger partial charge in [0.25, 0.3) is 0 Å². The molecule has 3 aromatic rings. The number of hydrogen-bond acceptors (Lipinski definition) is 3. The Labute approximate surface area is 182 Å². The van der Waals surface area contributed by atoms with Crippen molar-refractivity contribution in [2.24, 2.45) is 4.99 Å². The number of aliphatic imine (C=N–C) groups is 1. The molecule has 0 fully saturated rings. The van der Waals surface area contributed by atoms with Crippen molar-refractivity contribution in [3.63, 3.8) is 0 Å². The lowest BCUT2D eigenvalue weighted by atomic mass is 9.92. The number of nitrogens with one attached hydrogen (secondary N) is 3. The first-order valence-electron chi connectivity index (χ1n) is 9.08. The molecule has 0 saturated heterocycles. The zero-order valence-corrected chi connectivity index (χ0v) is 19.2. The summed E-state index contributed by atoms with van der Waals surface area (Å²) in [7, 11) is 0. The van der Waals surface area contributed by atoms with Crippen LogP contribution in [0.15, 0.2) is 46.8 Å². The predicted molar refractivity (Wildman–Crippen MR) is 127 cm³/mol. The van der Waals surface area contributed by atoms with Gasteiger partial charge in [0.2, 0.25) is 0 Å². The van der Waals surface area contributed by atoms with Crippen molar-refractivity contribution in [3.8, 4) is 0 Å². The van der Waals surface area contributed by atoms with Crippen LogP contribution in [0.2, 0.25) is 0 Å². The molecule has 1 aromatic carbocycles. The number of aromatic nitrogens is 2. The summed E-state index contributed by atoms with van der Waals surface area (Å²) in [5, 5.41) is 8.86. The van der Waals surface area contributed by atoms with Gasteiger partial charge < -0.3 is 15.6 Å². The molecular weight excluding hydrogens is 469 g/mol. The van der Waals surface area contributed by atoms with E-state index in [2.05, 4.69) is 65.0 Å². The van der Waals surface area contributed by atoms with E-state index < -0.39 is 0 Å². The third-order valence-corrected chi connectivity index (χ3v) is 5.49. The molecule has 0 saturated carbocycles. The van der Waals surface area contributed by atoms with Crippen LogP contribution in [-0.2, 0) is 11.8 Å². The topological polar surface area (TPSA) is 65.1 Å². The van der Waals surface area contributed by atoms with E-state index in [1.54, 1.807) is 11.3 Å². The Bertz CT molecular complexity index is 821. The zero-order chi connectivity index (χ0) is 18.4. The summed E-state index contributed by atoms with van der Waals surface area (Å²) in [6, 6.07) is 12.4. The summed E-state index contributed by atoms with van der Waals surface area (Å²) in [6.45, 7) is 8.93. The number of para-hydroxylation sites is 2. The molecule has 146 valence electrons. The number of imidazole rings is 1. The highest BCUT2D eigenvalue weighted by atomic mass is 127. The number of hydrogen-bond donors (Lipinski definition) is 3. The highest BCUT2D eigenvalue weighted by Gasteiger charge is 2.21. The summed E-state index contributed by atoms with van der Waals surface area (Å²) in [4.78, 5) is 14.1. The first-order chi connectivity index (χ1) is 12.6. The molecule has 0 unspecified atom stereocenters. The maximum absolute atomic E-state index is 4.79. The minimum atomic E-state index is 0. The fourth-order valence-electron chi connectivity index (χ4n) is 2.78. The van der Waals surface area contributed by atoms with Gasteiger partial charge in [-0.25, -0.2) is 4.98 Å². The second kappa shape index (κ2) is 10.1. The number of thiophene rings is 1. The van der Waals surface area contributed by atoms with Gasteiger partial charge in [-0.05, 0) is 30.5 Å². The Morgan fingerprint density at radius 2 is 2.00 bits per heavy atom. The van der Waals surface area contributed by atoms with Crippen LogP contribution >= 0.6 is 35.3 Å². The van der Waals surface area contributed by atoms with Gasteiger partial charge in [0.1, 0.15) is 5.82 Å². The summed E-state index contributed by atoms with van der Waals surface area (Å²) in [5.74, 6) is 1.85. The number of halogens is 1. The molecule has 0 aliphatic carbocycles. The molecule has 0 amide bonds. The second-order valence-corrected chi connectivity index (χ2v) is 7.88. The van der Waals surface area contributed by atoms with Crippen molar-refractivity contribution >= 4 is 52.3 Å². The predicted octanol–water partition coefficient (Wildman–Crippen LogP) is 4.32. The zero-order valence-electron chi connectivity index (χ0n) is 16.1. The number of nitrogens with zero attached hydrogens (tertiary/aromatic N) is 2. The van der Waals surface area contributed by atoms with Crippen LogP contribution in [0.1, 0.15) is 31.5 Å². The molecule has 0 aliphatic rings. The Kier molecular flexibility index (Phi) is 8.09. The number of rotatable bonds is 7. The van der Waals surface area contributed by atoms with Crippen molar-refractivity contribution in [1.29, 1.82) is 0 Å². The van der Waals surface area contributed by atoms with E-state index in [1.807, 2.05) is 18.2 Å². The van der Waals surface area contributed by atoms with Crippen LogP contribution in [0.3, 0.4) is 0 Å². The number of fused-ring (bicyclic) bond motifs is 1. The summed E-state index contributed by atoms with van der Waals surface area (Å²) < 4.78 is 0. The first-order valence-corrected chi connectivity index (χ1v) is 9.96. The van der Waals surface area contributed by atoms with E-state index in [9.17, 15) is 0 Å². The van der Waals surface area contributed by atoms with Gasteiger partial charge in [-0.1, -0.05) is 32.0 Å². The molecule has 7 heteroatoms. The van der Waals surface area contributed by atoms with Crippen LogP contribution < -0.4 is 10.6 Å². The summed E-state index contributed by atoms with van der Waals surface area (Å²) in [6.07, 6.45) is 0.827. The van der Waals surface area contributed by atoms with E-state index >= 15 is 0 Å². The van der Waals surface area contributed by atoms with Gasteiger partial charge in [0, 0.05) is 29.8 Å². The van der Waals surface area contributed by atoms with Gasteiger partial charge in [0.05, 0.1) is 17.6 Å². The Balaban J connectivity index is 0.00000261. The van der Waals surface area contributed by atoms with Crippen LogP contribution in [-0.4, -0.2) is 35.6 Å². The van der Waals surface area contributed by atoms with Gasteiger partial charge in [-0.15, -0.1) is 35.3 Å². The third-order valence-electron chi connectivity index (χ3n) is 4.26. The highest BCUT2D eigenvalue weighted by Crippen LogP contribution is 2.27. The fraction of sp³-hybridized carbons (Fsp3) is 0.400. The molecule has 0 bridgehead atoms. The van der Waals surface area contributed by atoms with Crippen molar-refractivity contribution in [3.05, 3.63) is 52.5 Å². The second-order valence-electron chi connectivity index (χ2n) is 6.93. The monoisotopic (exact) mass is 497 g/mol. The van der Waals surface area contributed by atoms with Crippen LogP contribution in [0.25, 0.3) is 11.0 Å². The smallest absolute Gasteiger partial charge is 0.191 e. The molecule has 2 heterocycles. The average molecular weight is 497 g/mol. The number of benzene rings is 1. The first kappa shape index (κ1) is 21.7. The maximum Gasteiger partial charge on any atom is 0.191 e. The lowest BCUT2D eigenvalue weighted by molar-refractivity contribution is 0.548. The summed E-state index contributed by atoms with van der Waals surface area (Å²) >= 11 is 1.79. The summed E-state index contributed by atoms with van der Waals surface area (Å²) in [5.41, 5.74) is 2.14. The largest absolute Gasteiger partial charge is 0.357 e. The number of aromatic amines is 1. The number of H-pyrrole nitrogens is 1. The van der Waals surface area contributed by atoms with Crippen molar-refractivity contribution < 1.29 is 0 Å². The van der Waals surface area contributed by atoms with E-state index in [4.69, 9.17) is 4.99 Å². The van der Waals surface area contributed by atoms with E-state index in [0.717, 1.165) is 48.9 Å². The quantitative estimate of drug-likeness (QED) is 0.259. The minimum absolute atomic E-state index is 0. The average Bonchev–Trinajstić information content (AvgIpc) is 3.29. The molecule has 5 nitrogen and oxygen atoms in total. The van der Waals surface area contributed by atoms with Crippen LogP contribution in [0.5, 0.6) is 0 Å². The fourth-order valence-corrected chi connectivity index (χ4v) is 3.63. The molecular formula is C20H28IN5S. The SMILES string of the molecule is CCNC(=NCC(C)(C)c1cccs1)NCCc1nc2ccccc2[nH]1.I. The van der Waals surface area contributed by atoms with Gasteiger partial charge in [-0.3, -0.25) is 4.99 Å². The molecule has 0 spiro atoms. The van der Waals surface area contributed by atoms with E-state index in [-0.39, 0.29) is 29.4 Å². The molecule has 3 rings (SSSR count). The standard InChI is InChI=1S/C20H27N5S.HI/c1-4-21-19(23-14-20(2,3)17-10-7-13-26-17)22-12-11-18-24-15-8-5-6-9-16(15)25-18;/h5-10,13H,4,11-12,14H2,1-3H3,(H,24,25)(H2,21,22,23);1H. The van der Waals surface area contributed by atoms with Crippen LogP contribution in [0, 0.1) is 0 Å². The van der Waals surface area contributed by atoms with E-state index in [0.29, 0.717) is 0 Å². The molecule has 0 aliphatic heterocycles. The van der Waals surface area contributed by atoms with Crippen molar-refractivity contribution in [2.45, 2.75) is 32.6 Å². The van der Waals surface area contributed by atoms with Gasteiger partial charge >= 0.3 is 0 Å². The van der Waals surface area contributed by atoms with Gasteiger partial charge in [0.15, 0.2) is 5.96 Å².